The third kappa shape index (κ3) is 3.47. The maximum absolute atomic E-state index is 12.4. The van der Waals surface area contributed by atoms with E-state index in [4.69, 9.17) is 4.74 Å². The number of hydrogen-bond donors (Lipinski definition) is 1. The van der Waals surface area contributed by atoms with Crippen molar-refractivity contribution in [3.05, 3.63) is 29.3 Å². The van der Waals surface area contributed by atoms with Crippen molar-refractivity contribution in [1.29, 1.82) is 0 Å². The second-order valence-electron chi connectivity index (χ2n) is 4.18. The molecule has 0 radical (unpaired) electrons. The Balaban J connectivity index is 2.96. The molecule has 0 heterocycles. The monoisotopic (exact) mass is 250 g/mol. The molecule has 18 heavy (non-hydrogen) atoms. The lowest BCUT2D eigenvalue weighted by atomic mass is 10.1. The average Bonchev–Trinajstić information content (AvgIpc) is 2.39. The summed E-state index contributed by atoms with van der Waals surface area (Å²) in [6.07, 6.45) is 0. The zero-order valence-electron chi connectivity index (χ0n) is 11.6. The number of benzene rings is 1. The van der Waals surface area contributed by atoms with E-state index in [-0.39, 0.29) is 5.91 Å². The molecule has 0 aromatic heterocycles. The summed E-state index contributed by atoms with van der Waals surface area (Å²) in [5.41, 5.74) is 2.66. The van der Waals surface area contributed by atoms with Gasteiger partial charge in [0.2, 0.25) is 0 Å². The second-order valence-corrected chi connectivity index (χ2v) is 4.18. The summed E-state index contributed by atoms with van der Waals surface area (Å²) in [6, 6.07) is 5.85. The highest BCUT2D eigenvalue weighted by molar-refractivity contribution is 5.99. The molecular formula is C14H22N2O2. The van der Waals surface area contributed by atoms with Gasteiger partial charge in [-0.3, -0.25) is 4.79 Å². The van der Waals surface area contributed by atoms with Crippen molar-refractivity contribution >= 4 is 11.6 Å². The Bertz CT molecular complexity index is 405. The Morgan fingerprint density at radius 1 is 1.44 bits per heavy atom. The molecule has 0 saturated heterocycles. The summed E-state index contributed by atoms with van der Waals surface area (Å²) >= 11 is 0. The van der Waals surface area contributed by atoms with E-state index in [0.717, 1.165) is 16.8 Å². The molecule has 4 heteroatoms. The van der Waals surface area contributed by atoms with Crippen LogP contribution in [-0.4, -0.2) is 44.7 Å². The average molecular weight is 250 g/mol. The van der Waals surface area contributed by atoms with Crippen molar-refractivity contribution in [3.63, 3.8) is 0 Å². The Kier molecular flexibility index (Phi) is 5.65. The first-order chi connectivity index (χ1) is 8.63. The first-order valence-electron chi connectivity index (χ1n) is 6.20. The van der Waals surface area contributed by atoms with Gasteiger partial charge in [-0.15, -0.1) is 0 Å². The molecule has 4 nitrogen and oxygen atoms in total. The highest BCUT2D eigenvalue weighted by Crippen LogP contribution is 2.18. The van der Waals surface area contributed by atoms with Crippen molar-refractivity contribution in [2.45, 2.75) is 13.8 Å². The van der Waals surface area contributed by atoms with Gasteiger partial charge in [-0.05, 0) is 26.0 Å². The molecule has 1 aromatic carbocycles. The molecule has 0 bridgehead atoms. The minimum atomic E-state index is 0.0441. The van der Waals surface area contributed by atoms with Crippen LogP contribution in [0.15, 0.2) is 18.2 Å². The fourth-order valence-corrected chi connectivity index (χ4v) is 1.83. The van der Waals surface area contributed by atoms with Gasteiger partial charge < -0.3 is 15.0 Å². The number of nitrogens with one attached hydrogen (secondary N) is 1. The first-order valence-corrected chi connectivity index (χ1v) is 6.20. The number of carbonyl (C=O) groups is 1. The van der Waals surface area contributed by atoms with Gasteiger partial charge in [-0.25, -0.2) is 0 Å². The summed E-state index contributed by atoms with van der Waals surface area (Å²) in [7, 11) is 3.47. The molecular weight excluding hydrogens is 228 g/mol. The predicted molar refractivity (Wildman–Crippen MR) is 74.2 cm³/mol. The van der Waals surface area contributed by atoms with E-state index in [2.05, 4.69) is 5.32 Å². The van der Waals surface area contributed by atoms with E-state index in [1.165, 1.54) is 0 Å². The molecule has 1 amide bonds. The third-order valence-corrected chi connectivity index (χ3v) is 2.91. The zero-order valence-corrected chi connectivity index (χ0v) is 11.6. The number of aryl methyl sites for hydroxylation is 1. The first kappa shape index (κ1) is 14.5. The maximum atomic E-state index is 12.4. The number of carbonyl (C=O) groups excluding carboxylic acids is 1. The predicted octanol–water partition coefficient (Wildman–Crippen LogP) is 2.15. The minimum absolute atomic E-state index is 0.0441. The topological polar surface area (TPSA) is 41.6 Å². The number of nitrogens with zero attached hydrogens (tertiary/aromatic N) is 1. The van der Waals surface area contributed by atoms with E-state index in [1.807, 2.05) is 39.1 Å². The van der Waals surface area contributed by atoms with E-state index >= 15 is 0 Å². The molecule has 1 aromatic rings. The number of rotatable bonds is 6. The standard InChI is InChI=1S/C14H22N2O2/c1-5-16(8-9-18-4)14(17)12-10-11(2)6-7-13(12)15-3/h6-7,10,15H,5,8-9H2,1-4H3. The molecule has 0 aliphatic carbocycles. The lowest BCUT2D eigenvalue weighted by Gasteiger charge is -2.22. The van der Waals surface area contributed by atoms with Gasteiger partial charge >= 0.3 is 0 Å². The quantitative estimate of drug-likeness (QED) is 0.841. The van der Waals surface area contributed by atoms with Crippen LogP contribution in [0.5, 0.6) is 0 Å². The van der Waals surface area contributed by atoms with Gasteiger partial charge in [0, 0.05) is 32.9 Å². The number of ether oxygens (including phenoxy) is 1. The molecule has 0 atom stereocenters. The van der Waals surface area contributed by atoms with E-state index in [1.54, 1.807) is 12.0 Å². The van der Waals surface area contributed by atoms with Gasteiger partial charge in [0.25, 0.3) is 5.91 Å². The van der Waals surface area contributed by atoms with Crippen molar-refractivity contribution < 1.29 is 9.53 Å². The number of likely N-dealkylation sites (N-methyl/N-ethyl adjacent to an activating group) is 1. The van der Waals surface area contributed by atoms with Crippen molar-refractivity contribution in [1.82, 2.24) is 4.90 Å². The number of amides is 1. The largest absolute Gasteiger partial charge is 0.387 e. The van der Waals surface area contributed by atoms with Crippen LogP contribution in [0.1, 0.15) is 22.8 Å². The summed E-state index contributed by atoms with van der Waals surface area (Å²) in [4.78, 5) is 14.2. The van der Waals surface area contributed by atoms with Gasteiger partial charge in [0.1, 0.15) is 0 Å². The molecule has 0 aliphatic rings. The second kappa shape index (κ2) is 7.01. The number of anilines is 1. The fraction of sp³-hybridized carbons (Fsp3) is 0.500. The summed E-state index contributed by atoms with van der Waals surface area (Å²) < 4.78 is 5.03. The molecule has 100 valence electrons. The smallest absolute Gasteiger partial charge is 0.256 e. The van der Waals surface area contributed by atoms with Crippen molar-refractivity contribution in [3.8, 4) is 0 Å². The maximum Gasteiger partial charge on any atom is 0.256 e. The minimum Gasteiger partial charge on any atom is -0.387 e. The molecule has 0 spiro atoms. The van der Waals surface area contributed by atoms with Crippen LogP contribution >= 0.6 is 0 Å². The Hall–Kier alpha value is -1.55. The number of hydrogen-bond acceptors (Lipinski definition) is 3. The molecule has 0 aliphatic heterocycles. The molecule has 1 N–H and O–H groups in total. The molecule has 0 saturated carbocycles. The van der Waals surface area contributed by atoms with Crippen LogP contribution in [-0.2, 0) is 4.74 Å². The van der Waals surface area contributed by atoms with Gasteiger partial charge in [0.15, 0.2) is 0 Å². The molecule has 0 fully saturated rings. The van der Waals surface area contributed by atoms with Gasteiger partial charge in [0.05, 0.1) is 12.2 Å². The third-order valence-electron chi connectivity index (χ3n) is 2.91. The van der Waals surface area contributed by atoms with Crippen LogP contribution in [0, 0.1) is 6.92 Å². The normalized spacial score (nSPS) is 10.2. The Morgan fingerprint density at radius 3 is 2.72 bits per heavy atom. The van der Waals surface area contributed by atoms with Crippen LogP contribution in [0.2, 0.25) is 0 Å². The molecule has 1 rings (SSSR count). The Labute approximate surface area is 109 Å². The van der Waals surface area contributed by atoms with E-state index in [0.29, 0.717) is 19.7 Å². The summed E-state index contributed by atoms with van der Waals surface area (Å²) in [5.74, 6) is 0.0441. The van der Waals surface area contributed by atoms with Crippen molar-refractivity contribution in [2.24, 2.45) is 0 Å². The Morgan fingerprint density at radius 2 is 2.17 bits per heavy atom. The van der Waals surface area contributed by atoms with Crippen LogP contribution < -0.4 is 5.32 Å². The van der Waals surface area contributed by atoms with Crippen molar-refractivity contribution in [2.75, 3.05) is 39.2 Å². The van der Waals surface area contributed by atoms with Gasteiger partial charge in [-0.2, -0.15) is 0 Å². The van der Waals surface area contributed by atoms with Crippen LogP contribution in [0.4, 0.5) is 5.69 Å². The highest BCUT2D eigenvalue weighted by Gasteiger charge is 2.17. The van der Waals surface area contributed by atoms with Gasteiger partial charge in [-0.1, -0.05) is 11.6 Å². The summed E-state index contributed by atoms with van der Waals surface area (Å²) in [5, 5.41) is 3.06. The molecule has 0 unspecified atom stereocenters. The lowest BCUT2D eigenvalue weighted by Crippen LogP contribution is -2.34. The van der Waals surface area contributed by atoms with Crippen LogP contribution in [0.25, 0.3) is 0 Å². The van der Waals surface area contributed by atoms with E-state index < -0.39 is 0 Å². The highest BCUT2D eigenvalue weighted by atomic mass is 16.5. The SMILES string of the molecule is CCN(CCOC)C(=O)c1cc(C)ccc1NC. The van der Waals surface area contributed by atoms with E-state index in [9.17, 15) is 4.79 Å². The number of methoxy groups -OCH3 is 1. The van der Waals surface area contributed by atoms with Crippen LogP contribution in [0.3, 0.4) is 0 Å². The lowest BCUT2D eigenvalue weighted by molar-refractivity contribution is 0.0707. The summed E-state index contributed by atoms with van der Waals surface area (Å²) in [6.45, 7) is 5.81. The fourth-order valence-electron chi connectivity index (χ4n) is 1.83. The zero-order chi connectivity index (χ0) is 13.5.